The van der Waals surface area contributed by atoms with Crippen molar-refractivity contribution in [3.8, 4) is 0 Å². The highest BCUT2D eigenvalue weighted by Gasteiger charge is 2.34. The van der Waals surface area contributed by atoms with Crippen LogP contribution in [0, 0.1) is 12.8 Å². The van der Waals surface area contributed by atoms with Gasteiger partial charge in [-0.1, -0.05) is 18.2 Å². The molecule has 2 aromatic heterocycles. The second-order valence-corrected chi connectivity index (χ2v) is 8.14. The molecule has 2 heterocycles. The maximum Gasteiger partial charge on any atom is 0.328 e. The van der Waals surface area contributed by atoms with Crippen molar-refractivity contribution in [3.63, 3.8) is 0 Å². The standard InChI is InChI=1S/C20H22N4O2.C4H4O4/c1-12-15(22-11-21-12)10-13-8-9-17-18(19(13)25)14-6-4-5-7-16(14)24(17)20(26)23(2)3;5-3(6)1-2-4(7)8/h4-7,11,13H,8-10H2,1-3H3,(H,21,22);1-2H,(H,5,6)(H,7,8)/b;2-1-. The fourth-order valence-corrected chi connectivity index (χ4v) is 4.03. The summed E-state index contributed by atoms with van der Waals surface area (Å²) in [5.74, 6) is -2.49. The fraction of sp³-hybridized carbons (Fsp3) is 0.292. The van der Waals surface area contributed by atoms with Crippen LogP contribution in [0.25, 0.3) is 10.9 Å². The molecule has 3 aromatic rings. The van der Waals surface area contributed by atoms with Crippen LogP contribution >= 0.6 is 0 Å². The summed E-state index contributed by atoms with van der Waals surface area (Å²) in [6.45, 7) is 1.97. The first-order chi connectivity index (χ1) is 16.1. The normalized spacial score (nSPS) is 15.0. The molecule has 0 radical (unpaired) electrons. The number of hydrogen-bond acceptors (Lipinski definition) is 5. The van der Waals surface area contributed by atoms with Gasteiger partial charge in [0.25, 0.3) is 0 Å². The molecule has 178 valence electrons. The quantitative estimate of drug-likeness (QED) is 0.501. The van der Waals surface area contributed by atoms with E-state index in [2.05, 4.69) is 9.97 Å². The third-order valence-electron chi connectivity index (χ3n) is 5.64. The zero-order chi connectivity index (χ0) is 25.0. The van der Waals surface area contributed by atoms with Gasteiger partial charge in [-0.05, 0) is 25.8 Å². The lowest BCUT2D eigenvalue weighted by molar-refractivity contribution is -0.134. The lowest BCUT2D eigenvalue weighted by Crippen LogP contribution is -2.31. The summed E-state index contributed by atoms with van der Waals surface area (Å²) >= 11 is 0. The number of amides is 1. The number of hydrogen-bond donors (Lipinski definition) is 3. The molecule has 0 aliphatic heterocycles. The first-order valence-corrected chi connectivity index (χ1v) is 10.6. The van der Waals surface area contributed by atoms with Gasteiger partial charge >= 0.3 is 18.0 Å². The zero-order valence-corrected chi connectivity index (χ0v) is 19.1. The Balaban J connectivity index is 0.000000350. The minimum atomic E-state index is -1.26. The van der Waals surface area contributed by atoms with Crippen molar-refractivity contribution in [2.24, 2.45) is 5.92 Å². The highest BCUT2D eigenvalue weighted by Crippen LogP contribution is 2.35. The maximum absolute atomic E-state index is 13.3. The van der Waals surface area contributed by atoms with Gasteiger partial charge in [-0.3, -0.25) is 9.36 Å². The lowest BCUT2D eigenvalue weighted by Gasteiger charge is -2.23. The number of carboxylic acids is 2. The van der Waals surface area contributed by atoms with Gasteiger partial charge in [0.2, 0.25) is 0 Å². The largest absolute Gasteiger partial charge is 0.478 e. The number of aromatic amines is 1. The number of H-pyrrole nitrogens is 1. The summed E-state index contributed by atoms with van der Waals surface area (Å²) in [4.78, 5) is 54.1. The van der Waals surface area contributed by atoms with Gasteiger partial charge in [0.15, 0.2) is 5.78 Å². The first kappa shape index (κ1) is 24.4. The Kier molecular flexibility index (Phi) is 7.30. The van der Waals surface area contributed by atoms with Crippen LogP contribution in [0.2, 0.25) is 0 Å². The third-order valence-corrected chi connectivity index (χ3v) is 5.64. The third kappa shape index (κ3) is 5.06. The number of fused-ring (bicyclic) bond motifs is 3. The summed E-state index contributed by atoms with van der Waals surface area (Å²) < 4.78 is 1.71. The van der Waals surface area contributed by atoms with Gasteiger partial charge in [0.1, 0.15) is 0 Å². The molecule has 1 aliphatic rings. The number of benzene rings is 1. The molecule has 4 rings (SSSR count). The van der Waals surface area contributed by atoms with Crippen LogP contribution in [0.3, 0.4) is 0 Å². The monoisotopic (exact) mass is 466 g/mol. The van der Waals surface area contributed by atoms with Gasteiger partial charge in [-0.2, -0.15) is 0 Å². The number of aryl methyl sites for hydroxylation is 1. The number of nitrogens with zero attached hydrogens (tertiary/aromatic N) is 3. The van der Waals surface area contributed by atoms with Crippen LogP contribution < -0.4 is 0 Å². The smallest absolute Gasteiger partial charge is 0.328 e. The minimum absolute atomic E-state index is 0.0989. The highest BCUT2D eigenvalue weighted by atomic mass is 16.4. The number of ketones is 1. The van der Waals surface area contributed by atoms with Crippen LogP contribution in [0.1, 0.15) is 33.9 Å². The first-order valence-electron chi connectivity index (χ1n) is 10.6. The van der Waals surface area contributed by atoms with E-state index in [0.29, 0.717) is 30.6 Å². The van der Waals surface area contributed by atoms with Crippen molar-refractivity contribution < 1.29 is 29.4 Å². The van der Waals surface area contributed by atoms with Gasteiger partial charge in [-0.15, -0.1) is 0 Å². The van der Waals surface area contributed by atoms with E-state index in [1.54, 1.807) is 29.9 Å². The van der Waals surface area contributed by atoms with Crippen LogP contribution in [-0.2, 0) is 22.4 Å². The molecule has 0 saturated carbocycles. The molecule has 10 nitrogen and oxygen atoms in total. The topological polar surface area (TPSA) is 146 Å². The number of nitrogens with one attached hydrogen (secondary N) is 1. The van der Waals surface area contributed by atoms with E-state index < -0.39 is 11.9 Å². The second-order valence-electron chi connectivity index (χ2n) is 8.14. The predicted octanol–water partition coefficient (Wildman–Crippen LogP) is 2.90. The van der Waals surface area contributed by atoms with E-state index in [9.17, 15) is 19.2 Å². The van der Waals surface area contributed by atoms with Crippen LogP contribution in [0.4, 0.5) is 4.79 Å². The number of para-hydroxylation sites is 1. The number of carboxylic acid groups (broad SMARTS) is 2. The Morgan fingerprint density at radius 2 is 1.82 bits per heavy atom. The van der Waals surface area contributed by atoms with Gasteiger partial charge in [0, 0.05) is 60.9 Å². The van der Waals surface area contributed by atoms with E-state index in [1.165, 1.54) is 0 Å². The summed E-state index contributed by atoms with van der Waals surface area (Å²) in [5, 5.41) is 16.5. The van der Waals surface area contributed by atoms with E-state index >= 15 is 0 Å². The highest BCUT2D eigenvalue weighted by molar-refractivity contribution is 6.13. The minimum Gasteiger partial charge on any atom is -0.478 e. The summed E-state index contributed by atoms with van der Waals surface area (Å²) in [5.41, 5.74) is 4.31. The number of carbonyl (C=O) groups excluding carboxylic acids is 2. The van der Waals surface area contributed by atoms with Crippen molar-refractivity contribution >= 4 is 34.7 Å². The molecule has 0 spiro atoms. The van der Waals surface area contributed by atoms with Crippen molar-refractivity contribution in [1.82, 2.24) is 19.4 Å². The van der Waals surface area contributed by atoms with Crippen LogP contribution in [0.5, 0.6) is 0 Å². The van der Waals surface area contributed by atoms with E-state index in [1.807, 2.05) is 31.2 Å². The molecule has 1 aromatic carbocycles. The summed E-state index contributed by atoms with van der Waals surface area (Å²) in [7, 11) is 3.47. The Morgan fingerprint density at radius 1 is 1.18 bits per heavy atom. The number of imidazole rings is 1. The Bertz CT molecular complexity index is 1270. The van der Waals surface area contributed by atoms with E-state index in [0.717, 1.165) is 34.4 Å². The van der Waals surface area contributed by atoms with Gasteiger partial charge in [-0.25, -0.2) is 19.4 Å². The maximum atomic E-state index is 13.3. The molecule has 10 heteroatoms. The number of aromatic nitrogens is 3. The van der Waals surface area contributed by atoms with Crippen molar-refractivity contribution in [2.75, 3.05) is 14.1 Å². The van der Waals surface area contributed by atoms with Crippen molar-refractivity contribution in [3.05, 3.63) is 65.4 Å². The van der Waals surface area contributed by atoms with Crippen molar-refractivity contribution in [1.29, 1.82) is 0 Å². The Morgan fingerprint density at radius 3 is 2.38 bits per heavy atom. The zero-order valence-electron chi connectivity index (χ0n) is 19.1. The molecule has 1 amide bonds. The van der Waals surface area contributed by atoms with Crippen LogP contribution in [0.15, 0.2) is 42.7 Å². The van der Waals surface area contributed by atoms with Crippen LogP contribution in [-0.4, -0.2) is 67.5 Å². The molecular formula is C24H26N4O6. The van der Waals surface area contributed by atoms with Gasteiger partial charge in [0.05, 0.1) is 17.5 Å². The molecule has 3 N–H and O–H groups in total. The second kappa shape index (κ2) is 10.2. The number of Topliss-reactive ketones (excluding diaryl/α,β-unsaturated/α-hetero) is 1. The molecular weight excluding hydrogens is 440 g/mol. The lowest BCUT2D eigenvalue weighted by atomic mass is 9.82. The van der Waals surface area contributed by atoms with E-state index in [-0.39, 0.29) is 17.7 Å². The number of rotatable bonds is 4. The molecule has 0 bridgehead atoms. The Labute approximate surface area is 195 Å². The SMILES string of the molecule is Cc1[nH]cnc1CC1CCc2c(c3ccccc3n2C(=O)N(C)C)C1=O.O=C(O)/C=C\C(=O)O. The van der Waals surface area contributed by atoms with Crippen molar-refractivity contribution in [2.45, 2.75) is 26.2 Å². The fourth-order valence-electron chi connectivity index (χ4n) is 4.03. The number of carbonyl (C=O) groups is 4. The average Bonchev–Trinajstić information content (AvgIpc) is 3.35. The summed E-state index contributed by atoms with van der Waals surface area (Å²) in [6, 6.07) is 7.56. The van der Waals surface area contributed by atoms with E-state index in [4.69, 9.17) is 10.2 Å². The molecule has 0 saturated heterocycles. The Hall–Kier alpha value is -4.21. The molecule has 1 unspecified atom stereocenters. The average molecular weight is 466 g/mol. The predicted molar refractivity (Wildman–Crippen MR) is 124 cm³/mol. The molecule has 34 heavy (non-hydrogen) atoms. The summed E-state index contributed by atoms with van der Waals surface area (Å²) in [6.07, 6.45) is 4.86. The molecule has 0 fully saturated rings. The molecule has 1 atom stereocenters. The van der Waals surface area contributed by atoms with Gasteiger partial charge < -0.3 is 20.1 Å². The number of aliphatic carboxylic acids is 2. The molecule has 1 aliphatic carbocycles.